The third-order valence-corrected chi connectivity index (χ3v) is 10.8. The molecule has 162 valence electrons. The van der Waals surface area contributed by atoms with E-state index < -0.39 is 0 Å². The number of ether oxygens (including phenoxy) is 1. The molecular weight excluding hydrogens is 362 g/mol. The van der Waals surface area contributed by atoms with Gasteiger partial charge in [-0.15, -0.1) is 0 Å². The van der Waals surface area contributed by atoms with Crippen LogP contribution in [0.25, 0.3) is 0 Å². The SMILES string of the molecule is C[C@]12CC[C@@H]3[C@H]4CC[C@]5(O)CC5[C@H]4CC[C@H]3[C@@H]1CC[C@@H]2C(=O)CN1CCOCC1. The Morgan fingerprint density at radius 3 is 2.38 bits per heavy atom. The van der Waals surface area contributed by atoms with Crippen LogP contribution in [-0.4, -0.2) is 54.2 Å². The number of Topliss-reactive ketones (excluding diaryl/α,β-unsaturated/α-hetero) is 1. The van der Waals surface area contributed by atoms with Crippen molar-refractivity contribution in [2.24, 2.45) is 46.8 Å². The Labute approximate surface area is 175 Å². The van der Waals surface area contributed by atoms with Crippen molar-refractivity contribution in [1.82, 2.24) is 4.90 Å². The van der Waals surface area contributed by atoms with Gasteiger partial charge in [-0.2, -0.15) is 0 Å². The predicted octanol–water partition coefficient (Wildman–Crippen LogP) is 3.52. The summed E-state index contributed by atoms with van der Waals surface area (Å²) in [5, 5.41) is 10.7. The average molecular weight is 402 g/mol. The molecule has 1 heterocycles. The second-order valence-electron chi connectivity index (χ2n) is 11.8. The third kappa shape index (κ3) is 2.91. The van der Waals surface area contributed by atoms with Gasteiger partial charge in [-0.1, -0.05) is 6.92 Å². The van der Waals surface area contributed by atoms with Gasteiger partial charge in [-0.3, -0.25) is 9.69 Å². The molecular formula is C25H39NO3. The highest BCUT2D eigenvalue weighted by molar-refractivity contribution is 5.84. The number of fused-ring (bicyclic) bond motifs is 7. The summed E-state index contributed by atoms with van der Waals surface area (Å²) in [6.07, 6.45) is 11.1. The summed E-state index contributed by atoms with van der Waals surface area (Å²) in [5.41, 5.74) is -0.0199. The van der Waals surface area contributed by atoms with Crippen LogP contribution in [0.3, 0.4) is 0 Å². The fraction of sp³-hybridized carbons (Fsp3) is 0.960. The lowest BCUT2D eigenvalue weighted by atomic mass is 9.49. The fourth-order valence-corrected chi connectivity index (χ4v) is 9.30. The van der Waals surface area contributed by atoms with Gasteiger partial charge in [0.1, 0.15) is 5.78 Å². The molecule has 5 saturated carbocycles. The summed E-state index contributed by atoms with van der Waals surface area (Å²) in [6, 6.07) is 0. The zero-order valence-corrected chi connectivity index (χ0v) is 18.2. The van der Waals surface area contributed by atoms with E-state index in [0.717, 1.165) is 75.2 Å². The first-order valence-electron chi connectivity index (χ1n) is 12.5. The summed E-state index contributed by atoms with van der Waals surface area (Å²) in [7, 11) is 0. The van der Waals surface area contributed by atoms with Gasteiger partial charge in [0.2, 0.25) is 0 Å². The van der Waals surface area contributed by atoms with Gasteiger partial charge in [0.25, 0.3) is 0 Å². The molecule has 1 N–H and O–H groups in total. The molecule has 0 amide bonds. The van der Waals surface area contributed by atoms with Gasteiger partial charge >= 0.3 is 0 Å². The number of hydrogen-bond donors (Lipinski definition) is 1. The van der Waals surface area contributed by atoms with E-state index in [-0.39, 0.29) is 16.9 Å². The van der Waals surface area contributed by atoms with Crippen LogP contribution in [0.4, 0.5) is 0 Å². The van der Waals surface area contributed by atoms with Crippen LogP contribution in [0.1, 0.15) is 64.7 Å². The van der Waals surface area contributed by atoms with E-state index in [1.54, 1.807) is 0 Å². The molecule has 0 aromatic heterocycles. The van der Waals surface area contributed by atoms with E-state index in [1.807, 2.05) is 0 Å². The Morgan fingerprint density at radius 2 is 1.62 bits per heavy atom. The summed E-state index contributed by atoms with van der Waals surface area (Å²) < 4.78 is 5.46. The summed E-state index contributed by atoms with van der Waals surface area (Å²) in [4.78, 5) is 15.7. The van der Waals surface area contributed by atoms with Crippen LogP contribution in [-0.2, 0) is 9.53 Å². The normalized spacial score (nSPS) is 54.1. The molecule has 1 aliphatic heterocycles. The van der Waals surface area contributed by atoms with Crippen LogP contribution in [0, 0.1) is 46.8 Å². The molecule has 4 heteroatoms. The van der Waals surface area contributed by atoms with Crippen LogP contribution < -0.4 is 0 Å². The molecule has 6 fully saturated rings. The summed E-state index contributed by atoms with van der Waals surface area (Å²) in [6.45, 7) is 6.52. The van der Waals surface area contributed by atoms with E-state index >= 15 is 0 Å². The second kappa shape index (κ2) is 6.77. The number of ketones is 1. The van der Waals surface area contributed by atoms with Gasteiger partial charge in [-0.25, -0.2) is 0 Å². The van der Waals surface area contributed by atoms with Crippen molar-refractivity contribution in [1.29, 1.82) is 0 Å². The highest BCUT2D eigenvalue weighted by Crippen LogP contribution is 2.68. The molecule has 5 aliphatic carbocycles. The topological polar surface area (TPSA) is 49.8 Å². The van der Waals surface area contributed by atoms with E-state index in [4.69, 9.17) is 4.74 Å². The highest BCUT2D eigenvalue weighted by Gasteiger charge is 2.65. The largest absolute Gasteiger partial charge is 0.390 e. The lowest BCUT2D eigenvalue weighted by Crippen LogP contribution is -2.51. The van der Waals surface area contributed by atoms with Crippen molar-refractivity contribution < 1.29 is 14.6 Å². The molecule has 0 radical (unpaired) electrons. The van der Waals surface area contributed by atoms with Gasteiger partial charge in [0, 0.05) is 19.0 Å². The van der Waals surface area contributed by atoms with Gasteiger partial charge in [-0.05, 0) is 98.7 Å². The van der Waals surface area contributed by atoms with Crippen molar-refractivity contribution in [3.8, 4) is 0 Å². The zero-order chi connectivity index (χ0) is 19.8. The van der Waals surface area contributed by atoms with E-state index in [1.165, 1.54) is 38.5 Å². The molecule has 6 aliphatic rings. The van der Waals surface area contributed by atoms with Crippen LogP contribution in [0.15, 0.2) is 0 Å². The first-order valence-corrected chi connectivity index (χ1v) is 12.5. The maximum absolute atomic E-state index is 13.3. The van der Waals surface area contributed by atoms with Gasteiger partial charge in [0.05, 0.1) is 25.4 Å². The van der Waals surface area contributed by atoms with Crippen molar-refractivity contribution in [3.05, 3.63) is 0 Å². The third-order valence-electron chi connectivity index (χ3n) is 10.8. The zero-order valence-electron chi connectivity index (χ0n) is 18.2. The first kappa shape index (κ1) is 19.3. The standard InChI is InChI=1S/C25H39NO3/c1-24-8-6-16-17-7-9-25(28)14-22(25)19(17)3-2-18(16)20(24)4-5-21(24)23(27)15-26-10-12-29-13-11-26/h16-22,28H,2-15H2,1H3/t16-,17-,18-,19+,20+,21-,22?,24+,25+/m1/s1. The molecule has 29 heavy (non-hydrogen) atoms. The number of hydrogen-bond acceptors (Lipinski definition) is 4. The summed E-state index contributed by atoms with van der Waals surface area (Å²) >= 11 is 0. The molecule has 9 atom stereocenters. The van der Waals surface area contributed by atoms with Gasteiger partial charge in [0.15, 0.2) is 0 Å². The van der Waals surface area contributed by atoms with Crippen molar-refractivity contribution in [2.45, 2.75) is 70.3 Å². The quantitative estimate of drug-likeness (QED) is 0.786. The second-order valence-corrected chi connectivity index (χ2v) is 11.8. The molecule has 1 unspecified atom stereocenters. The van der Waals surface area contributed by atoms with E-state index in [9.17, 15) is 9.90 Å². The molecule has 0 aromatic rings. The maximum Gasteiger partial charge on any atom is 0.150 e. The first-order chi connectivity index (χ1) is 14.0. The van der Waals surface area contributed by atoms with Crippen molar-refractivity contribution in [3.63, 3.8) is 0 Å². The smallest absolute Gasteiger partial charge is 0.150 e. The van der Waals surface area contributed by atoms with Gasteiger partial charge < -0.3 is 9.84 Å². The Bertz CT molecular complexity index is 675. The summed E-state index contributed by atoms with van der Waals surface area (Å²) in [5.74, 6) is 5.60. The number of nitrogens with zero attached hydrogens (tertiary/aromatic N) is 1. The Balaban J connectivity index is 1.16. The lowest BCUT2D eigenvalue weighted by molar-refractivity contribution is -0.133. The van der Waals surface area contributed by atoms with Crippen molar-refractivity contribution in [2.75, 3.05) is 32.8 Å². The predicted molar refractivity (Wildman–Crippen MR) is 111 cm³/mol. The Hall–Kier alpha value is -0.450. The van der Waals surface area contributed by atoms with Crippen molar-refractivity contribution >= 4 is 5.78 Å². The molecule has 6 rings (SSSR count). The van der Waals surface area contributed by atoms with Crippen LogP contribution >= 0.6 is 0 Å². The Kier molecular flexibility index (Phi) is 4.50. The van der Waals surface area contributed by atoms with E-state index in [0.29, 0.717) is 18.2 Å². The highest BCUT2D eigenvalue weighted by atomic mass is 16.5. The van der Waals surface area contributed by atoms with E-state index in [2.05, 4.69) is 11.8 Å². The molecule has 0 bridgehead atoms. The molecule has 0 aromatic carbocycles. The monoisotopic (exact) mass is 401 g/mol. The lowest BCUT2D eigenvalue weighted by Gasteiger charge is -2.56. The maximum atomic E-state index is 13.3. The number of morpholine rings is 1. The molecule has 0 spiro atoms. The van der Waals surface area contributed by atoms with Crippen LogP contribution in [0.2, 0.25) is 0 Å². The minimum Gasteiger partial charge on any atom is -0.390 e. The Morgan fingerprint density at radius 1 is 0.931 bits per heavy atom. The minimum atomic E-state index is -0.262. The average Bonchev–Trinajstić information content (AvgIpc) is 3.29. The number of rotatable bonds is 3. The molecule has 1 saturated heterocycles. The molecule has 4 nitrogen and oxygen atoms in total. The number of carbonyl (C=O) groups excluding carboxylic acids is 1. The van der Waals surface area contributed by atoms with Crippen LogP contribution in [0.5, 0.6) is 0 Å². The number of carbonyl (C=O) groups is 1. The number of aliphatic hydroxyl groups is 1. The minimum absolute atomic E-state index is 0.242. The fourth-order valence-electron chi connectivity index (χ4n) is 9.30.